The van der Waals surface area contributed by atoms with Gasteiger partial charge in [-0.05, 0) is 29.2 Å². The van der Waals surface area contributed by atoms with Crippen LogP contribution in [0.5, 0.6) is 5.88 Å². The molecule has 0 atom stereocenters. The fourth-order valence-corrected chi connectivity index (χ4v) is 3.02. The minimum Gasteiger partial charge on any atom is -0.474 e. The molecule has 5 nitrogen and oxygen atoms in total. The predicted octanol–water partition coefficient (Wildman–Crippen LogP) is 4.45. The summed E-state index contributed by atoms with van der Waals surface area (Å²) >= 11 is 0. The molecule has 1 fully saturated rings. The minimum atomic E-state index is -0.0511. The number of amides is 2. The average Bonchev–Trinajstić information content (AvgIpc) is 2.63. The highest BCUT2D eigenvalue weighted by Crippen LogP contribution is 2.24. The highest BCUT2D eigenvalue weighted by atomic mass is 16.5. The summed E-state index contributed by atoms with van der Waals surface area (Å²) in [6, 6.07) is 13.7. The second-order valence-corrected chi connectivity index (χ2v) is 7.73. The van der Waals surface area contributed by atoms with Gasteiger partial charge in [-0.25, -0.2) is 9.78 Å². The van der Waals surface area contributed by atoms with Crippen molar-refractivity contribution < 1.29 is 9.53 Å². The molecule has 26 heavy (non-hydrogen) atoms. The number of aromatic nitrogens is 1. The Morgan fingerprint density at radius 3 is 2.38 bits per heavy atom. The van der Waals surface area contributed by atoms with Gasteiger partial charge < -0.3 is 15.0 Å². The molecule has 1 N–H and O–H groups in total. The molecule has 1 aromatic carbocycles. The van der Waals surface area contributed by atoms with E-state index in [1.54, 1.807) is 6.20 Å². The van der Waals surface area contributed by atoms with E-state index in [2.05, 4.69) is 43.2 Å². The zero-order valence-corrected chi connectivity index (χ0v) is 15.7. The maximum absolute atomic E-state index is 12.5. The Kier molecular flexibility index (Phi) is 5.45. The minimum absolute atomic E-state index is 0.0511. The van der Waals surface area contributed by atoms with Crippen LogP contribution in [0.4, 0.5) is 10.5 Å². The second-order valence-electron chi connectivity index (χ2n) is 7.73. The van der Waals surface area contributed by atoms with Crippen molar-refractivity contribution in [2.75, 3.05) is 18.4 Å². The summed E-state index contributed by atoms with van der Waals surface area (Å²) in [7, 11) is 0. The summed E-state index contributed by atoms with van der Waals surface area (Å²) < 4.78 is 5.88. The largest absolute Gasteiger partial charge is 0.474 e. The molecule has 138 valence electrons. The van der Waals surface area contributed by atoms with Crippen molar-refractivity contribution in [2.24, 2.45) is 0 Å². The molecule has 0 saturated carbocycles. The van der Waals surface area contributed by atoms with E-state index in [0.29, 0.717) is 19.0 Å². The van der Waals surface area contributed by atoms with Crippen LogP contribution in [0.1, 0.15) is 39.2 Å². The number of hydrogen-bond donors (Lipinski definition) is 1. The first-order valence-corrected chi connectivity index (χ1v) is 9.16. The molecule has 2 aromatic rings. The van der Waals surface area contributed by atoms with Gasteiger partial charge in [0.05, 0.1) is 0 Å². The van der Waals surface area contributed by atoms with Gasteiger partial charge in [-0.3, -0.25) is 0 Å². The Labute approximate surface area is 155 Å². The molecule has 3 rings (SSSR count). The van der Waals surface area contributed by atoms with Crippen LogP contribution in [0.2, 0.25) is 0 Å². The van der Waals surface area contributed by atoms with Crippen molar-refractivity contribution in [3.63, 3.8) is 0 Å². The lowest BCUT2D eigenvalue weighted by Crippen LogP contribution is -2.43. The number of piperidine rings is 1. The van der Waals surface area contributed by atoms with Crippen LogP contribution >= 0.6 is 0 Å². The number of benzene rings is 1. The molecule has 2 heterocycles. The smallest absolute Gasteiger partial charge is 0.321 e. The van der Waals surface area contributed by atoms with Crippen molar-refractivity contribution in [3.8, 4) is 5.88 Å². The summed E-state index contributed by atoms with van der Waals surface area (Å²) in [4.78, 5) is 18.5. The molecule has 0 aliphatic carbocycles. The molecule has 0 spiro atoms. The maximum atomic E-state index is 12.5. The van der Waals surface area contributed by atoms with Crippen molar-refractivity contribution in [1.29, 1.82) is 0 Å². The molecule has 0 radical (unpaired) electrons. The molecule has 1 aromatic heterocycles. The van der Waals surface area contributed by atoms with E-state index < -0.39 is 0 Å². The van der Waals surface area contributed by atoms with Gasteiger partial charge in [-0.1, -0.05) is 39.0 Å². The molecular weight excluding hydrogens is 326 g/mol. The standard InChI is InChI=1S/C21H27N3O2/c1-21(2,3)16-7-9-17(10-8-16)23-20(25)24-14-11-18(12-15-24)26-19-6-4-5-13-22-19/h4-10,13,18H,11-12,14-15H2,1-3H3,(H,23,25). The first-order valence-electron chi connectivity index (χ1n) is 9.16. The first kappa shape index (κ1) is 18.2. The number of urea groups is 1. The van der Waals surface area contributed by atoms with Gasteiger partial charge in [0.25, 0.3) is 0 Å². The first-order chi connectivity index (χ1) is 12.4. The number of carbonyl (C=O) groups excluding carboxylic acids is 1. The number of rotatable bonds is 3. The lowest BCUT2D eigenvalue weighted by Gasteiger charge is -2.32. The SMILES string of the molecule is CC(C)(C)c1ccc(NC(=O)N2CCC(Oc3ccccn3)CC2)cc1. The number of hydrogen-bond acceptors (Lipinski definition) is 3. The molecule has 0 unspecified atom stereocenters. The van der Waals surface area contributed by atoms with E-state index in [4.69, 9.17) is 4.74 Å². The van der Waals surface area contributed by atoms with Crippen LogP contribution in [0.15, 0.2) is 48.7 Å². The van der Waals surface area contributed by atoms with Gasteiger partial charge in [0, 0.05) is 43.9 Å². The summed E-state index contributed by atoms with van der Waals surface area (Å²) in [5.74, 6) is 0.648. The van der Waals surface area contributed by atoms with Gasteiger partial charge in [0.1, 0.15) is 6.10 Å². The van der Waals surface area contributed by atoms with E-state index >= 15 is 0 Å². The average molecular weight is 353 g/mol. The summed E-state index contributed by atoms with van der Waals surface area (Å²) in [6.45, 7) is 7.90. The number of anilines is 1. The molecule has 2 amide bonds. The molecule has 1 aliphatic heterocycles. The van der Waals surface area contributed by atoms with Gasteiger partial charge in [-0.2, -0.15) is 0 Å². The quantitative estimate of drug-likeness (QED) is 0.887. The van der Waals surface area contributed by atoms with Gasteiger partial charge in [0.15, 0.2) is 0 Å². The Hall–Kier alpha value is -2.56. The van der Waals surface area contributed by atoms with Crippen molar-refractivity contribution in [2.45, 2.75) is 45.1 Å². The normalized spacial score (nSPS) is 15.6. The van der Waals surface area contributed by atoms with Crippen LogP contribution in [0.25, 0.3) is 0 Å². The third-order valence-electron chi connectivity index (χ3n) is 4.66. The molecule has 1 aliphatic rings. The lowest BCUT2D eigenvalue weighted by atomic mass is 9.87. The summed E-state index contributed by atoms with van der Waals surface area (Å²) in [5, 5.41) is 2.99. The van der Waals surface area contributed by atoms with E-state index in [0.717, 1.165) is 18.5 Å². The van der Waals surface area contributed by atoms with Crippen LogP contribution in [0.3, 0.4) is 0 Å². The van der Waals surface area contributed by atoms with Crippen LogP contribution < -0.4 is 10.1 Å². The third-order valence-corrected chi connectivity index (χ3v) is 4.66. The van der Waals surface area contributed by atoms with Gasteiger partial charge in [0.2, 0.25) is 5.88 Å². The molecular formula is C21H27N3O2. The number of ether oxygens (including phenoxy) is 1. The Bertz CT molecular complexity index is 715. The van der Waals surface area contributed by atoms with Crippen molar-refractivity contribution in [3.05, 3.63) is 54.2 Å². The molecule has 5 heteroatoms. The predicted molar refractivity (Wildman–Crippen MR) is 104 cm³/mol. The Balaban J connectivity index is 1.49. The number of likely N-dealkylation sites (tertiary alicyclic amines) is 1. The number of nitrogens with zero attached hydrogens (tertiary/aromatic N) is 2. The third kappa shape index (κ3) is 4.75. The number of carbonyl (C=O) groups is 1. The van der Waals surface area contributed by atoms with Crippen molar-refractivity contribution >= 4 is 11.7 Å². The van der Waals surface area contributed by atoms with Crippen LogP contribution in [-0.2, 0) is 5.41 Å². The van der Waals surface area contributed by atoms with E-state index in [-0.39, 0.29) is 17.6 Å². The van der Waals surface area contributed by atoms with Crippen LogP contribution in [0, 0.1) is 0 Å². The zero-order valence-electron chi connectivity index (χ0n) is 15.7. The highest BCUT2D eigenvalue weighted by molar-refractivity contribution is 5.89. The number of pyridine rings is 1. The van der Waals surface area contributed by atoms with E-state index in [9.17, 15) is 4.79 Å². The Morgan fingerprint density at radius 1 is 1.12 bits per heavy atom. The summed E-state index contributed by atoms with van der Waals surface area (Å²) in [5.41, 5.74) is 2.19. The number of nitrogens with one attached hydrogen (secondary N) is 1. The van der Waals surface area contributed by atoms with Gasteiger partial charge in [-0.15, -0.1) is 0 Å². The van der Waals surface area contributed by atoms with Crippen molar-refractivity contribution in [1.82, 2.24) is 9.88 Å². The zero-order chi connectivity index (χ0) is 18.6. The second kappa shape index (κ2) is 7.77. The lowest BCUT2D eigenvalue weighted by molar-refractivity contribution is 0.111. The fraction of sp³-hybridized carbons (Fsp3) is 0.429. The van der Waals surface area contributed by atoms with Gasteiger partial charge >= 0.3 is 6.03 Å². The fourth-order valence-electron chi connectivity index (χ4n) is 3.02. The maximum Gasteiger partial charge on any atom is 0.321 e. The monoisotopic (exact) mass is 353 g/mol. The molecule has 0 bridgehead atoms. The van der Waals surface area contributed by atoms with E-state index in [1.807, 2.05) is 35.2 Å². The Morgan fingerprint density at radius 2 is 1.81 bits per heavy atom. The topological polar surface area (TPSA) is 54.5 Å². The highest BCUT2D eigenvalue weighted by Gasteiger charge is 2.24. The van der Waals surface area contributed by atoms with E-state index in [1.165, 1.54) is 5.56 Å². The summed E-state index contributed by atoms with van der Waals surface area (Å²) in [6.07, 6.45) is 3.46. The van der Waals surface area contributed by atoms with Crippen LogP contribution in [-0.4, -0.2) is 35.1 Å². The molecule has 1 saturated heterocycles.